The summed E-state index contributed by atoms with van der Waals surface area (Å²) in [6, 6.07) is 6.59. The second kappa shape index (κ2) is 9.22. The number of halogens is 2. The fourth-order valence-corrected chi connectivity index (χ4v) is 4.09. The van der Waals surface area contributed by atoms with Crippen LogP contribution in [-0.4, -0.2) is 57.7 Å². The van der Waals surface area contributed by atoms with Gasteiger partial charge in [-0.1, -0.05) is 52.3 Å². The van der Waals surface area contributed by atoms with Crippen molar-refractivity contribution >= 4 is 28.8 Å². The minimum Gasteiger partial charge on any atom is -0.399 e. The summed E-state index contributed by atoms with van der Waals surface area (Å²) in [6.07, 6.45) is 4.86. The first-order chi connectivity index (χ1) is 15.4. The van der Waals surface area contributed by atoms with E-state index in [9.17, 15) is 4.79 Å². The maximum absolute atomic E-state index is 15.8. The van der Waals surface area contributed by atoms with Crippen LogP contribution < -0.4 is 0 Å². The largest absolute Gasteiger partial charge is 0.399 e. The lowest BCUT2D eigenvalue weighted by molar-refractivity contribution is -0.142. The Labute approximate surface area is 189 Å². The quantitative estimate of drug-likeness (QED) is 0.664. The van der Waals surface area contributed by atoms with Crippen LogP contribution in [0.2, 0.25) is 5.02 Å². The van der Waals surface area contributed by atoms with Crippen LogP contribution in [0.15, 0.2) is 52.2 Å². The molecule has 0 saturated carbocycles. The van der Waals surface area contributed by atoms with Crippen LogP contribution in [0, 0.1) is 0 Å². The summed E-state index contributed by atoms with van der Waals surface area (Å²) in [4.78, 5) is 23.7. The summed E-state index contributed by atoms with van der Waals surface area (Å²) in [7, 11) is 1.40. The molecule has 1 aliphatic carbocycles. The molecular formula is C22H22ClFN4O4. The Kier molecular flexibility index (Phi) is 6.38. The number of alkyl halides is 1. The molecule has 4 rings (SSSR count). The fraction of sp³-hybridized carbons (Fsp3) is 0.364. The van der Waals surface area contributed by atoms with E-state index < -0.39 is 17.6 Å². The molecule has 0 spiro atoms. The predicted octanol–water partition coefficient (Wildman–Crippen LogP) is 3.29. The Hall–Kier alpha value is -3.04. The highest BCUT2D eigenvalue weighted by molar-refractivity contribution is 6.32. The van der Waals surface area contributed by atoms with Crippen molar-refractivity contribution in [2.24, 2.45) is 5.16 Å². The standard InChI is InChI=1S/C22H22ClFN4O4/c1-31-26-15-12-18(20-25-19(8-11-29)27-32-20)28(13-15)21(30)22(24)9-6-14(7-10-22)16-4-2-3-5-17(16)23/h2-7,9,18,29H,8,10-13H2,1H3/t18-,22?/m0/s1. The maximum Gasteiger partial charge on any atom is 0.265 e. The molecule has 32 heavy (non-hydrogen) atoms. The number of oxime groups is 1. The third-order valence-corrected chi connectivity index (χ3v) is 5.76. The van der Waals surface area contributed by atoms with Crippen LogP contribution in [0.4, 0.5) is 4.39 Å². The fourth-order valence-electron chi connectivity index (χ4n) is 3.85. The zero-order chi connectivity index (χ0) is 22.7. The van der Waals surface area contributed by atoms with E-state index in [1.807, 2.05) is 18.2 Å². The minimum absolute atomic E-state index is 0.0790. The molecule has 2 heterocycles. The molecule has 1 fully saturated rings. The molecule has 1 amide bonds. The Morgan fingerprint density at radius 3 is 2.97 bits per heavy atom. The summed E-state index contributed by atoms with van der Waals surface area (Å²) in [5, 5.41) is 17.4. The molecule has 2 aliphatic rings. The third-order valence-electron chi connectivity index (χ3n) is 5.43. The molecule has 1 aliphatic heterocycles. The Bertz CT molecular complexity index is 1100. The van der Waals surface area contributed by atoms with Crippen molar-refractivity contribution in [3.63, 3.8) is 0 Å². The molecule has 1 unspecified atom stereocenters. The molecule has 1 aromatic heterocycles. The molecular weight excluding hydrogens is 439 g/mol. The number of aromatic nitrogens is 2. The summed E-state index contributed by atoms with van der Waals surface area (Å²) in [5.41, 5.74) is -0.152. The first-order valence-electron chi connectivity index (χ1n) is 10.1. The van der Waals surface area contributed by atoms with Crippen molar-refractivity contribution in [3.05, 3.63) is 64.8 Å². The van der Waals surface area contributed by atoms with Gasteiger partial charge in [-0.3, -0.25) is 4.79 Å². The van der Waals surface area contributed by atoms with Crippen LogP contribution in [0.5, 0.6) is 0 Å². The minimum atomic E-state index is -2.24. The molecule has 2 aromatic rings. The van der Waals surface area contributed by atoms with Crippen molar-refractivity contribution in [2.75, 3.05) is 20.3 Å². The van der Waals surface area contributed by atoms with E-state index in [2.05, 4.69) is 15.3 Å². The van der Waals surface area contributed by atoms with Crippen LogP contribution in [0.3, 0.4) is 0 Å². The summed E-state index contributed by atoms with van der Waals surface area (Å²) in [6.45, 7) is -0.0587. The molecule has 168 valence electrons. The zero-order valence-electron chi connectivity index (χ0n) is 17.4. The van der Waals surface area contributed by atoms with Gasteiger partial charge in [0.15, 0.2) is 5.82 Å². The Balaban J connectivity index is 1.58. The van der Waals surface area contributed by atoms with Gasteiger partial charge in [0.25, 0.3) is 5.91 Å². The smallest absolute Gasteiger partial charge is 0.265 e. The lowest BCUT2D eigenvalue weighted by atomic mass is 9.89. The first kappa shape index (κ1) is 22.2. The van der Waals surface area contributed by atoms with E-state index in [0.717, 1.165) is 11.1 Å². The van der Waals surface area contributed by atoms with Crippen LogP contribution in [-0.2, 0) is 16.1 Å². The summed E-state index contributed by atoms with van der Waals surface area (Å²) >= 11 is 6.24. The van der Waals surface area contributed by atoms with Crippen molar-refractivity contribution in [1.29, 1.82) is 0 Å². The van der Waals surface area contributed by atoms with Crippen molar-refractivity contribution in [2.45, 2.75) is 31.0 Å². The van der Waals surface area contributed by atoms with Gasteiger partial charge in [-0.05, 0) is 23.3 Å². The molecule has 1 aromatic carbocycles. The molecule has 2 atom stereocenters. The SMILES string of the molecule is CON=C1C[C@@H](c2nc(CCO)no2)N(C(=O)C2(F)C=CC(c3ccccc3Cl)=CC2)C1. The van der Waals surface area contributed by atoms with Gasteiger partial charge in [0.05, 0.1) is 18.9 Å². The zero-order valence-corrected chi connectivity index (χ0v) is 18.1. The normalized spacial score (nSPS) is 24.1. The number of allylic oxidation sites excluding steroid dienone is 3. The Morgan fingerprint density at radius 2 is 2.28 bits per heavy atom. The first-order valence-corrected chi connectivity index (χ1v) is 10.5. The molecule has 0 bridgehead atoms. The number of hydrogen-bond acceptors (Lipinski definition) is 7. The highest BCUT2D eigenvalue weighted by atomic mass is 35.5. The Morgan fingerprint density at radius 1 is 1.47 bits per heavy atom. The third kappa shape index (κ3) is 4.31. The summed E-state index contributed by atoms with van der Waals surface area (Å²) in [5.74, 6) is -0.248. The predicted molar refractivity (Wildman–Crippen MR) is 116 cm³/mol. The topological polar surface area (TPSA) is 101 Å². The average Bonchev–Trinajstić information content (AvgIpc) is 3.42. The van der Waals surface area contributed by atoms with Gasteiger partial charge in [0.1, 0.15) is 13.2 Å². The van der Waals surface area contributed by atoms with E-state index in [0.29, 0.717) is 16.6 Å². The number of benzene rings is 1. The van der Waals surface area contributed by atoms with Crippen molar-refractivity contribution < 1.29 is 23.7 Å². The number of aliphatic hydroxyl groups excluding tert-OH is 1. The number of hydrogen-bond donors (Lipinski definition) is 1. The number of carbonyl (C=O) groups is 1. The lowest BCUT2D eigenvalue weighted by Gasteiger charge is -2.30. The molecule has 0 radical (unpaired) electrons. The summed E-state index contributed by atoms with van der Waals surface area (Å²) < 4.78 is 21.1. The van der Waals surface area contributed by atoms with Gasteiger partial charge in [-0.25, -0.2) is 4.39 Å². The van der Waals surface area contributed by atoms with Crippen molar-refractivity contribution in [3.8, 4) is 0 Å². The molecule has 1 saturated heterocycles. The second-order valence-electron chi connectivity index (χ2n) is 7.55. The van der Waals surface area contributed by atoms with E-state index in [1.54, 1.807) is 18.2 Å². The van der Waals surface area contributed by atoms with E-state index in [1.165, 1.54) is 18.1 Å². The van der Waals surface area contributed by atoms with Gasteiger partial charge in [-0.15, -0.1) is 0 Å². The molecule has 10 heteroatoms. The van der Waals surface area contributed by atoms with Crippen LogP contribution in [0.25, 0.3) is 5.57 Å². The monoisotopic (exact) mass is 460 g/mol. The van der Waals surface area contributed by atoms with Gasteiger partial charge < -0.3 is 19.4 Å². The number of nitrogens with zero attached hydrogens (tertiary/aromatic N) is 4. The highest BCUT2D eigenvalue weighted by Gasteiger charge is 2.47. The van der Waals surface area contributed by atoms with Crippen LogP contribution >= 0.6 is 11.6 Å². The number of aliphatic hydroxyl groups is 1. The number of amides is 1. The second-order valence-corrected chi connectivity index (χ2v) is 7.96. The van der Waals surface area contributed by atoms with Crippen LogP contribution in [0.1, 0.15) is 36.2 Å². The van der Waals surface area contributed by atoms with E-state index in [-0.39, 0.29) is 38.3 Å². The number of rotatable bonds is 6. The highest BCUT2D eigenvalue weighted by Crippen LogP contribution is 2.38. The molecule has 8 nitrogen and oxygen atoms in total. The van der Waals surface area contributed by atoms with Gasteiger partial charge in [-0.2, -0.15) is 4.98 Å². The average molecular weight is 461 g/mol. The maximum atomic E-state index is 15.8. The van der Waals surface area contributed by atoms with Gasteiger partial charge in [0, 0.05) is 24.3 Å². The number of likely N-dealkylation sites (tertiary alicyclic amines) is 1. The molecule has 1 N–H and O–H groups in total. The lowest BCUT2D eigenvalue weighted by Crippen LogP contribution is -2.45. The van der Waals surface area contributed by atoms with E-state index in [4.69, 9.17) is 26.1 Å². The van der Waals surface area contributed by atoms with Crippen molar-refractivity contribution in [1.82, 2.24) is 15.0 Å². The van der Waals surface area contributed by atoms with Gasteiger partial charge in [0.2, 0.25) is 11.6 Å². The van der Waals surface area contributed by atoms with Gasteiger partial charge >= 0.3 is 0 Å². The number of carbonyl (C=O) groups excluding carboxylic acids is 1. The van der Waals surface area contributed by atoms with E-state index >= 15 is 4.39 Å².